The van der Waals surface area contributed by atoms with Gasteiger partial charge in [-0.05, 0) is 24.7 Å². The van der Waals surface area contributed by atoms with Crippen molar-refractivity contribution in [3.63, 3.8) is 0 Å². The standard InChI is InChI=1S/C12H14FNO2/c1-14(11-5-6-16-12(11)15)8-9-3-2-4-10(13)7-9/h2-4,7,11H,5-6,8H2,1H3/t11-/m1/s1. The number of likely N-dealkylation sites (N-methyl/N-ethyl adjacent to an activating group) is 1. The van der Waals surface area contributed by atoms with Gasteiger partial charge in [0, 0.05) is 13.0 Å². The Balaban J connectivity index is 2.01. The van der Waals surface area contributed by atoms with Gasteiger partial charge in [-0.2, -0.15) is 0 Å². The Morgan fingerprint density at radius 2 is 2.38 bits per heavy atom. The molecule has 0 N–H and O–H groups in total. The minimum absolute atomic E-state index is 0.182. The van der Waals surface area contributed by atoms with Crippen molar-refractivity contribution in [3.05, 3.63) is 35.6 Å². The summed E-state index contributed by atoms with van der Waals surface area (Å²) in [4.78, 5) is 13.2. The lowest BCUT2D eigenvalue weighted by Gasteiger charge is -2.20. The molecular formula is C12H14FNO2. The second-order valence-electron chi connectivity index (χ2n) is 4.02. The number of nitrogens with zero attached hydrogens (tertiary/aromatic N) is 1. The van der Waals surface area contributed by atoms with E-state index < -0.39 is 0 Å². The van der Waals surface area contributed by atoms with Crippen molar-refractivity contribution in [3.8, 4) is 0 Å². The SMILES string of the molecule is CN(Cc1cccc(F)c1)[C@@H]1CCOC1=O. The first-order chi connectivity index (χ1) is 7.66. The number of benzene rings is 1. The minimum Gasteiger partial charge on any atom is -0.464 e. The van der Waals surface area contributed by atoms with E-state index in [1.807, 2.05) is 18.0 Å². The molecule has 0 saturated carbocycles. The maximum Gasteiger partial charge on any atom is 0.323 e. The molecule has 3 nitrogen and oxygen atoms in total. The van der Waals surface area contributed by atoms with Gasteiger partial charge >= 0.3 is 5.97 Å². The number of hydrogen-bond acceptors (Lipinski definition) is 3. The summed E-state index contributed by atoms with van der Waals surface area (Å²) < 4.78 is 17.9. The fourth-order valence-corrected chi connectivity index (χ4v) is 1.92. The Hall–Kier alpha value is -1.42. The zero-order chi connectivity index (χ0) is 11.5. The van der Waals surface area contributed by atoms with Crippen molar-refractivity contribution >= 4 is 5.97 Å². The fraction of sp³-hybridized carbons (Fsp3) is 0.417. The molecule has 1 aromatic carbocycles. The molecule has 0 unspecified atom stereocenters. The number of hydrogen-bond donors (Lipinski definition) is 0. The number of cyclic esters (lactones) is 1. The van der Waals surface area contributed by atoms with Crippen LogP contribution in [0.2, 0.25) is 0 Å². The van der Waals surface area contributed by atoms with E-state index in [4.69, 9.17) is 4.74 Å². The summed E-state index contributed by atoms with van der Waals surface area (Å²) in [6.45, 7) is 1.04. The highest BCUT2D eigenvalue weighted by molar-refractivity contribution is 5.77. The molecule has 0 aromatic heterocycles. The molecule has 1 fully saturated rings. The van der Waals surface area contributed by atoms with Gasteiger partial charge in [-0.15, -0.1) is 0 Å². The van der Waals surface area contributed by atoms with Crippen molar-refractivity contribution in [1.29, 1.82) is 0 Å². The van der Waals surface area contributed by atoms with Crippen LogP contribution in [0.1, 0.15) is 12.0 Å². The van der Waals surface area contributed by atoms with E-state index in [0.717, 1.165) is 5.56 Å². The van der Waals surface area contributed by atoms with Crippen molar-refractivity contribution in [2.45, 2.75) is 19.0 Å². The second-order valence-corrected chi connectivity index (χ2v) is 4.02. The zero-order valence-corrected chi connectivity index (χ0v) is 9.15. The lowest BCUT2D eigenvalue weighted by molar-refractivity contribution is -0.142. The summed E-state index contributed by atoms with van der Waals surface area (Å²) in [7, 11) is 1.85. The molecule has 1 aliphatic rings. The predicted octanol–water partition coefficient (Wildman–Crippen LogP) is 1.57. The van der Waals surface area contributed by atoms with E-state index in [1.165, 1.54) is 12.1 Å². The first-order valence-corrected chi connectivity index (χ1v) is 5.28. The van der Waals surface area contributed by atoms with E-state index in [1.54, 1.807) is 6.07 Å². The van der Waals surface area contributed by atoms with Gasteiger partial charge in [-0.1, -0.05) is 12.1 Å². The van der Waals surface area contributed by atoms with Crippen LogP contribution in [0.4, 0.5) is 4.39 Å². The van der Waals surface area contributed by atoms with Crippen LogP contribution in [-0.2, 0) is 16.1 Å². The van der Waals surface area contributed by atoms with Crippen LogP contribution in [0.25, 0.3) is 0 Å². The van der Waals surface area contributed by atoms with Crippen LogP contribution in [0.3, 0.4) is 0 Å². The number of carbonyl (C=O) groups excluding carboxylic acids is 1. The molecule has 0 bridgehead atoms. The second kappa shape index (κ2) is 4.61. The van der Waals surface area contributed by atoms with E-state index in [2.05, 4.69) is 0 Å². The molecule has 86 valence electrons. The Bertz CT molecular complexity index is 394. The van der Waals surface area contributed by atoms with E-state index in [0.29, 0.717) is 19.6 Å². The first kappa shape index (κ1) is 11.1. The molecule has 4 heteroatoms. The average molecular weight is 223 g/mol. The van der Waals surface area contributed by atoms with Crippen molar-refractivity contribution < 1.29 is 13.9 Å². The van der Waals surface area contributed by atoms with Gasteiger partial charge in [-0.3, -0.25) is 9.69 Å². The largest absolute Gasteiger partial charge is 0.464 e. The molecule has 0 amide bonds. The molecule has 1 aliphatic heterocycles. The Morgan fingerprint density at radius 3 is 3.00 bits per heavy atom. The van der Waals surface area contributed by atoms with Crippen molar-refractivity contribution in [2.75, 3.05) is 13.7 Å². The van der Waals surface area contributed by atoms with E-state index in [-0.39, 0.29) is 17.8 Å². The van der Waals surface area contributed by atoms with Crippen molar-refractivity contribution in [2.24, 2.45) is 0 Å². The highest BCUT2D eigenvalue weighted by Gasteiger charge is 2.29. The molecule has 2 rings (SSSR count). The minimum atomic E-state index is -0.250. The molecule has 1 aromatic rings. The summed E-state index contributed by atoms with van der Waals surface area (Å²) in [5.74, 6) is -0.432. The third-order valence-electron chi connectivity index (χ3n) is 2.76. The van der Waals surface area contributed by atoms with Gasteiger partial charge in [0.1, 0.15) is 11.9 Å². The maximum atomic E-state index is 13.0. The molecule has 1 heterocycles. The average Bonchev–Trinajstić information content (AvgIpc) is 2.64. The lowest BCUT2D eigenvalue weighted by atomic mass is 10.1. The topological polar surface area (TPSA) is 29.5 Å². The molecule has 1 saturated heterocycles. The number of ether oxygens (including phenoxy) is 1. The monoisotopic (exact) mass is 223 g/mol. The summed E-state index contributed by atoms with van der Waals surface area (Å²) in [5, 5.41) is 0. The third kappa shape index (κ3) is 2.39. The molecule has 0 aliphatic carbocycles. The van der Waals surface area contributed by atoms with Gasteiger partial charge in [0.05, 0.1) is 6.61 Å². The highest BCUT2D eigenvalue weighted by atomic mass is 19.1. The predicted molar refractivity (Wildman–Crippen MR) is 57.2 cm³/mol. The Labute approximate surface area is 93.8 Å². The van der Waals surface area contributed by atoms with Crippen LogP contribution >= 0.6 is 0 Å². The van der Waals surface area contributed by atoms with Gasteiger partial charge in [0.25, 0.3) is 0 Å². The van der Waals surface area contributed by atoms with Crippen molar-refractivity contribution in [1.82, 2.24) is 4.90 Å². The summed E-state index contributed by atoms with van der Waals surface area (Å²) in [5.41, 5.74) is 0.863. The smallest absolute Gasteiger partial charge is 0.323 e. The Kier molecular flexibility index (Phi) is 3.19. The summed E-state index contributed by atoms with van der Waals surface area (Å²) in [6.07, 6.45) is 0.713. The summed E-state index contributed by atoms with van der Waals surface area (Å²) in [6, 6.07) is 6.22. The quantitative estimate of drug-likeness (QED) is 0.728. The molecule has 16 heavy (non-hydrogen) atoms. The highest BCUT2D eigenvalue weighted by Crippen LogP contribution is 2.15. The Morgan fingerprint density at radius 1 is 1.56 bits per heavy atom. The van der Waals surface area contributed by atoms with Crippen LogP contribution in [-0.4, -0.2) is 30.6 Å². The fourth-order valence-electron chi connectivity index (χ4n) is 1.92. The van der Waals surface area contributed by atoms with E-state index in [9.17, 15) is 9.18 Å². The normalized spacial score (nSPS) is 20.2. The lowest BCUT2D eigenvalue weighted by Crippen LogP contribution is -2.34. The third-order valence-corrected chi connectivity index (χ3v) is 2.76. The summed E-state index contributed by atoms with van der Waals surface area (Å²) >= 11 is 0. The molecule has 1 atom stereocenters. The maximum absolute atomic E-state index is 13.0. The zero-order valence-electron chi connectivity index (χ0n) is 9.15. The first-order valence-electron chi connectivity index (χ1n) is 5.28. The number of esters is 1. The molecular weight excluding hydrogens is 209 g/mol. The number of rotatable bonds is 3. The van der Waals surface area contributed by atoms with Gasteiger partial charge < -0.3 is 4.74 Å². The van der Waals surface area contributed by atoms with Gasteiger partial charge in [-0.25, -0.2) is 4.39 Å². The number of carbonyl (C=O) groups is 1. The van der Waals surface area contributed by atoms with Crippen LogP contribution in [0.15, 0.2) is 24.3 Å². The van der Waals surface area contributed by atoms with E-state index >= 15 is 0 Å². The van der Waals surface area contributed by atoms with Crippen LogP contribution < -0.4 is 0 Å². The molecule has 0 radical (unpaired) electrons. The van der Waals surface area contributed by atoms with Gasteiger partial charge in [0.15, 0.2) is 0 Å². The number of halogens is 1. The van der Waals surface area contributed by atoms with Gasteiger partial charge in [0.2, 0.25) is 0 Å². The van der Waals surface area contributed by atoms with Crippen LogP contribution in [0, 0.1) is 5.82 Å². The van der Waals surface area contributed by atoms with Crippen LogP contribution in [0.5, 0.6) is 0 Å². The molecule has 0 spiro atoms.